The summed E-state index contributed by atoms with van der Waals surface area (Å²) in [6, 6.07) is 82.0. The predicted molar refractivity (Wildman–Crippen MR) is 258 cm³/mol. The van der Waals surface area contributed by atoms with Crippen LogP contribution in [0.4, 0.5) is 34.1 Å². The van der Waals surface area contributed by atoms with E-state index in [0.717, 1.165) is 61.8 Å². The van der Waals surface area contributed by atoms with Crippen molar-refractivity contribution in [3.8, 4) is 33.4 Å². The fraction of sp³-hybridized carbons (Fsp3) is 0. The van der Waals surface area contributed by atoms with Crippen LogP contribution in [0.3, 0.4) is 0 Å². The Balaban J connectivity index is 1.01. The van der Waals surface area contributed by atoms with Crippen molar-refractivity contribution in [1.82, 2.24) is 8.75 Å². The van der Waals surface area contributed by atoms with Gasteiger partial charge in [0.2, 0.25) is 0 Å². The number of anilines is 6. The Bertz CT molecular complexity index is 3140. The van der Waals surface area contributed by atoms with E-state index in [1.54, 1.807) is 0 Å². The normalized spacial score (nSPS) is 11.3. The first-order valence-corrected chi connectivity index (χ1v) is 21.2. The summed E-state index contributed by atoms with van der Waals surface area (Å²) < 4.78 is 9.94. The van der Waals surface area contributed by atoms with Crippen LogP contribution in [0.1, 0.15) is 0 Å². The number of benzene rings is 10. The number of hydrogen-bond acceptors (Lipinski definition) is 5. The van der Waals surface area contributed by atoms with Crippen LogP contribution in [-0.2, 0) is 0 Å². The average molecular weight is 799 g/mol. The van der Waals surface area contributed by atoms with Crippen LogP contribution in [-0.4, -0.2) is 8.75 Å². The van der Waals surface area contributed by atoms with E-state index in [2.05, 4.69) is 240 Å². The van der Waals surface area contributed by atoms with Crippen molar-refractivity contribution < 1.29 is 0 Å². The Labute approximate surface area is 359 Å². The molecule has 1 aromatic heterocycles. The number of fused-ring (bicyclic) bond motifs is 3. The van der Waals surface area contributed by atoms with E-state index in [-0.39, 0.29) is 0 Å². The minimum atomic E-state index is 0.910. The van der Waals surface area contributed by atoms with Crippen LogP contribution >= 0.6 is 11.7 Å². The van der Waals surface area contributed by atoms with E-state index >= 15 is 0 Å². The second kappa shape index (κ2) is 15.7. The van der Waals surface area contributed by atoms with Crippen LogP contribution < -0.4 is 9.80 Å². The molecule has 0 radical (unpaired) electrons. The molecule has 0 aliphatic carbocycles. The molecule has 0 amide bonds. The molecule has 0 bridgehead atoms. The topological polar surface area (TPSA) is 32.3 Å². The SMILES string of the molecule is c1ccc(N(c2ccccc2)c2ccc(-c3c4ccccc4c(-c4ccc(-c5ccc(N(c6ccccc6)c6ccccc6)cc5)c5nsnc45)c4ccccc34)cc2)cc1. The lowest BCUT2D eigenvalue weighted by Crippen LogP contribution is -2.09. The summed E-state index contributed by atoms with van der Waals surface area (Å²) in [5.41, 5.74) is 15.3. The molecule has 11 rings (SSSR count). The summed E-state index contributed by atoms with van der Waals surface area (Å²) in [6.07, 6.45) is 0. The Morgan fingerprint density at radius 2 is 0.574 bits per heavy atom. The number of rotatable bonds is 9. The van der Waals surface area contributed by atoms with Crippen LogP contribution in [0.2, 0.25) is 0 Å². The van der Waals surface area contributed by atoms with Crippen molar-refractivity contribution in [2.45, 2.75) is 0 Å². The Morgan fingerprint density at radius 3 is 0.984 bits per heavy atom. The van der Waals surface area contributed by atoms with Gasteiger partial charge in [0.25, 0.3) is 0 Å². The van der Waals surface area contributed by atoms with Crippen molar-refractivity contribution >= 4 is 78.4 Å². The van der Waals surface area contributed by atoms with Gasteiger partial charge in [0.1, 0.15) is 11.0 Å². The fourth-order valence-corrected chi connectivity index (χ4v) is 9.37. The Hall–Kier alpha value is -7.86. The molecule has 0 fully saturated rings. The lowest BCUT2D eigenvalue weighted by Gasteiger charge is -2.26. The van der Waals surface area contributed by atoms with Gasteiger partial charge < -0.3 is 9.80 Å². The molecule has 1 heterocycles. The third kappa shape index (κ3) is 6.58. The van der Waals surface area contributed by atoms with E-state index in [1.807, 2.05) is 0 Å². The highest BCUT2D eigenvalue weighted by Crippen LogP contribution is 2.47. The molecule has 5 heteroatoms. The van der Waals surface area contributed by atoms with Gasteiger partial charge in [0.15, 0.2) is 0 Å². The summed E-state index contributed by atoms with van der Waals surface area (Å²) >= 11 is 1.27. The maximum absolute atomic E-state index is 4.99. The number of aromatic nitrogens is 2. The standard InChI is InChI=1S/C56H38N4S/c1-5-17-41(18-6-1)59(42-19-7-2-8-20-42)45-33-29-39(30-34-45)47-37-38-52(56-55(47)57-61-58-56)54-50-27-15-13-25-48(50)53(49-26-14-16-28-51(49)54)40-31-35-46(36-32-40)60(43-21-9-3-10-22-43)44-23-11-4-12-24-44/h1-38H. The van der Waals surface area contributed by atoms with Gasteiger partial charge in [-0.15, -0.1) is 0 Å². The summed E-state index contributed by atoms with van der Waals surface area (Å²) in [5, 5.41) is 4.77. The lowest BCUT2D eigenvalue weighted by atomic mass is 9.85. The number of para-hydroxylation sites is 4. The van der Waals surface area contributed by atoms with Crippen molar-refractivity contribution in [3.63, 3.8) is 0 Å². The van der Waals surface area contributed by atoms with Gasteiger partial charge in [-0.05, 0) is 117 Å². The molecule has 0 spiro atoms. The first kappa shape index (κ1) is 36.2. The molecule has 0 N–H and O–H groups in total. The lowest BCUT2D eigenvalue weighted by molar-refractivity contribution is 1.28. The molecule has 61 heavy (non-hydrogen) atoms. The van der Waals surface area contributed by atoms with Crippen LogP contribution in [0.5, 0.6) is 0 Å². The maximum Gasteiger partial charge on any atom is 0.113 e. The van der Waals surface area contributed by atoms with Crippen LogP contribution in [0.15, 0.2) is 231 Å². The van der Waals surface area contributed by atoms with Crippen molar-refractivity contribution in [2.24, 2.45) is 0 Å². The van der Waals surface area contributed by atoms with E-state index < -0.39 is 0 Å². The van der Waals surface area contributed by atoms with Crippen molar-refractivity contribution in [1.29, 1.82) is 0 Å². The molecular formula is C56H38N4S. The highest BCUT2D eigenvalue weighted by molar-refractivity contribution is 7.00. The zero-order valence-corrected chi connectivity index (χ0v) is 34.0. The molecule has 11 aromatic rings. The van der Waals surface area contributed by atoms with Gasteiger partial charge >= 0.3 is 0 Å². The summed E-state index contributed by atoms with van der Waals surface area (Å²) in [5.74, 6) is 0. The second-order valence-corrected chi connectivity index (χ2v) is 15.6. The largest absolute Gasteiger partial charge is 0.311 e. The van der Waals surface area contributed by atoms with E-state index in [9.17, 15) is 0 Å². The van der Waals surface area contributed by atoms with Crippen molar-refractivity contribution in [3.05, 3.63) is 231 Å². The quantitative estimate of drug-likeness (QED) is 0.136. The molecule has 0 saturated carbocycles. The molecule has 0 atom stereocenters. The second-order valence-electron chi connectivity index (χ2n) is 15.1. The molecule has 0 unspecified atom stereocenters. The zero-order chi connectivity index (χ0) is 40.5. The van der Waals surface area contributed by atoms with Gasteiger partial charge in [-0.2, -0.15) is 8.75 Å². The van der Waals surface area contributed by atoms with Gasteiger partial charge in [-0.25, -0.2) is 0 Å². The van der Waals surface area contributed by atoms with E-state index in [4.69, 9.17) is 8.75 Å². The Morgan fingerprint density at radius 1 is 0.262 bits per heavy atom. The minimum Gasteiger partial charge on any atom is -0.311 e. The molecule has 0 aliphatic rings. The first-order valence-electron chi connectivity index (χ1n) is 20.5. The molecule has 0 saturated heterocycles. The molecule has 288 valence electrons. The van der Waals surface area contributed by atoms with Gasteiger partial charge in [0, 0.05) is 45.3 Å². The smallest absolute Gasteiger partial charge is 0.113 e. The molecule has 10 aromatic carbocycles. The average Bonchev–Trinajstić information content (AvgIpc) is 3.84. The van der Waals surface area contributed by atoms with Gasteiger partial charge in [-0.1, -0.05) is 158 Å². The molecular weight excluding hydrogens is 761 g/mol. The van der Waals surface area contributed by atoms with Gasteiger partial charge in [0.05, 0.1) is 11.7 Å². The minimum absolute atomic E-state index is 0.910. The summed E-state index contributed by atoms with van der Waals surface area (Å²) in [7, 11) is 0. The van der Waals surface area contributed by atoms with E-state index in [1.165, 1.54) is 50.0 Å². The number of hydrogen-bond donors (Lipinski definition) is 0. The van der Waals surface area contributed by atoms with E-state index in [0.29, 0.717) is 0 Å². The van der Waals surface area contributed by atoms with Crippen LogP contribution in [0, 0.1) is 0 Å². The monoisotopic (exact) mass is 798 g/mol. The predicted octanol–water partition coefficient (Wildman–Crippen LogP) is 15.9. The highest BCUT2D eigenvalue weighted by Gasteiger charge is 2.22. The highest BCUT2D eigenvalue weighted by atomic mass is 32.1. The summed E-state index contributed by atoms with van der Waals surface area (Å²) in [6.45, 7) is 0. The third-order valence-electron chi connectivity index (χ3n) is 11.5. The Kier molecular flexibility index (Phi) is 9.34. The molecule has 4 nitrogen and oxygen atoms in total. The fourth-order valence-electron chi connectivity index (χ4n) is 8.80. The third-order valence-corrected chi connectivity index (χ3v) is 12.1. The van der Waals surface area contributed by atoms with Crippen LogP contribution in [0.25, 0.3) is 66.0 Å². The first-order chi connectivity index (χ1) is 30.3. The summed E-state index contributed by atoms with van der Waals surface area (Å²) in [4.78, 5) is 4.59. The van der Waals surface area contributed by atoms with Crippen molar-refractivity contribution in [2.75, 3.05) is 9.80 Å². The maximum atomic E-state index is 4.99. The zero-order valence-electron chi connectivity index (χ0n) is 33.1. The molecule has 0 aliphatic heterocycles. The number of nitrogens with zero attached hydrogens (tertiary/aromatic N) is 4. The van der Waals surface area contributed by atoms with Gasteiger partial charge in [-0.3, -0.25) is 0 Å².